The van der Waals surface area contributed by atoms with Crippen molar-refractivity contribution in [3.8, 4) is 0 Å². The smallest absolute Gasteiger partial charge is 0.308 e. The fourth-order valence-corrected chi connectivity index (χ4v) is 1.71. The first-order valence-electron chi connectivity index (χ1n) is 5.15. The highest BCUT2D eigenvalue weighted by Gasteiger charge is 2.24. The quantitative estimate of drug-likeness (QED) is 0.709. The van der Waals surface area contributed by atoms with Crippen molar-refractivity contribution in [3.63, 3.8) is 0 Å². The van der Waals surface area contributed by atoms with Gasteiger partial charge in [0.1, 0.15) is 0 Å². The van der Waals surface area contributed by atoms with Crippen LogP contribution in [0.4, 0.5) is 0 Å². The lowest BCUT2D eigenvalue weighted by Crippen LogP contribution is -2.37. The second kappa shape index (κ2) is 4.96. The van der Waals surface area contributed by atoms with Crippen molar-refractivity contribution in [2.45, 2.75) is 19.8 Å². The minimum Gasteiger partial charge on any atom is -0.481 e. The van der Waals surface area contributed by atoms with Gasteiger partial charge in [0.2, 0.25) is 5.91 Å². The maximum atomic E-state index is 11.8. The molecule has 0 aliphatic heterocycles. The van der Waals surface area contributed by atoms with Gasteiger partial charge in [0, 0.05) is 19.5 Å². The zero-order chi connectivity index (χ0) is 11.4. The van der Waals surface area contributed by atoms with Crippen molar-refractivity contribution in [1.82, 2.24) is 4.90 Å². The van der Waals surface area contributed by atoms with Crippen molar-refractivity contribution >= 4 is 11.9 Å². The predicted molar refractivity (Wildman–Crippen MR) is 56.3 cm³/mol. The lowest BCUT2D eigenvalue weighted by Gasteiger charge is -2.22. The molecule has 4 nitrogen and oxygen atoms in total. The Balaban J connectivity index is 2.42. The average Bonchev–Trinajstić information content (AvgIpc) is 2.68. The summed E-state index contributed by atoms with van der Waals surface area (Å²) in [7, 11) is 1.67. The number of amides is 1. The number of nitrogens with zero attached hydrogens (tertiary/aromatic N) is 1. The van der Waals surface area contributed by atoms with Crippen LogP contribution >= 0.6 is 0 Å². The lowest BCUT2D eigenvalue weighted by atomic mass is 10.1. The molecule has 84 valence electrons. The van der Waals surface area contributed by atoms with Crippen molar-refractivity contribution in [2.75, 3.05) is 13.6 Å². The highest BCUT2D eigenvalue weighted by Crippen LogP contribution is 2.20. The molecule has 0 aromatic heterocycles. The number of carboxylic acids is 1. The molecule has 15 heavy (non-hydrogen) atoms. The van der Waals surface area contributed by atoms with Crippen molar-refractivity contribution in [3.05, 3.63) is 12.2 Å². The molecule has 0 radical (unpaired) electrons. The molecule has 0 spiro atoms. The van der Waals surface area contributed by atoms with Crippen molar-refractivity contribution < 1.29 is 14.7 Å². The van der Waals surface area contributed by atoms with E-state index in [-0.39, 0.29) is 18.4 Å². The third-order valence-corrected chi connectivity index (χ3v) is 2.70. The molecule has 0 bridgehead atoms. The van der Waals surface area contributed by atoms with Gasteiger partial charge in [0.05, 0.1) is 5.92 Å². The van der Waals surface area contributed by atoms with Gasteiger partial charge in [-0.3, -0.25) is 9.59 Å². The highest BCUT2D eigenvalue weighted by atomic mass is 16.4. The summed E-state index contributed by atoms with van der Waals surface area (Å²) >= 11 is 0. The van der Waals surface area contributed by atoms with E-state index in [0.717, 1.165) is 12.8 Å². The van der Waals surface area contributed by atoms with Crippen LogP contribution in [0.5, 0.6) is 0 Å². The van der Waals surface area contributed by atoms with E-state index in [9.17, 15) is 9.59 Å². The van der Waals surface area contributed by atoms with Crippen LogP contribution in [0.3, 0.4) is 0 Å². The Kier molecular flexibility index (Phi) is 3.88. The molecule has 1 amide bonds. The van der Waals surface area contributed by atoms with Gasteiger partial charge in [-0.1, -0.05) is 19.1 Å². The Morgan fingerprint density at radius 3 is 2.47 bits per heavy atom. The van der Waals surface area contributed by atoms with Gasteiger partial charge in [-0.25, -0.2) is 0 Å². The standard InChI is InChI=1S/C11H17NO3/c1-8(11(14)15)7-12(2)10(13)9-5-3-4-6-9/h3-4,8-9H,5-7H2,1-2H3,(H,14,15). The van der Waals surface area contributed by atoms with Crippen LogP contribution < -0.4 is 0 Å². The van der Waals surface area contributed by atoms with E-state index >= 15 is 0 Å². The summed E-state index contributed by atoms with van der Waals surface area (Å²) in [5.74, 6) is -1.29. The molecule has 0 aromatic rings. The van der Waals surface area contributed by atoms with E-state index in [4.69, 9.17) is 5.11 Å². The topological polar surface area (TPSA) is 57.6 Å². The molecule has 0 saturated heterocycles. The van der Waals surface area contributed by atoms with E-state index in [1.807, 2.05) is 12.2 Å². The SMILES string of the molecule is CC(CN(C)C(=O)C1CC=CC1)C(=O)O. The Labute approximate surface area is 89.6 Å². The van der Waals surface area contributed by atoms with Crippen LogP contribution in [-0.2, 0) is 9.59 Å². The molecule has 1 aliphatic carbocycles. The molecule has 0 heterocycles. The van der Waals surface area contributed by atoms with Gasteiger partial charge in [0.25, 0.3) is 0 Å². The summed E-state index contributed by atoms with van der Waals surface area (Å²) in [5.41, 5.74) is 0. The number of aliphatic carboxylic acids is 1. The summed E-state index contributed by atoms with van der Waals surface area (Å²) in [5, 5.41) is 8.73. The zero-order valence-electron chi connectivity index (χ0n) is 9.14. The summed E-state index contributed by atoms with van der Waals surface area (Å²) in [6, 6.07) is 0. The number of hydrogen-bond donors (Lipinski definition) is 1. The molecule has 1 unspecified atom stereocenters. The second-order valence-corrected chi connectivity index (χ2v) is 4.10. The summed E-state index contributed by atoms with van der Waals surface area (Å²) < 4.78 is 0. The fraction of sp³-hybridized carbons (Fsp3) is 0.636. The van der Waals surface area contributed by atoms with E-state index in [1.165, 1.54) is 4.90 Å². The van der Waals surface area contributed by atoms with Crippen LogP contribution in [0.2, 0.25) is 0 Å². The number of hydrogen-bond acceptors (Lipinski definition) is 2. The van der Waals surface area contributed by atoms with Crippen LogP contribution in [0.15, 0.2) is 12.2 Å². The minimum absolute atomic E-state index is 0.0241. The highest BCUT2D eigenvalue weighted by molar-refractivity contribution is 5.80. The number of carbonyl (C=O) groups excluding carboxylic acids is 1. The van der Waals surface area contributed by atoms with Gasteiger partial charge in [0.15, 0.2) is 0 Å². The molecular weight excluding hydrogens is 194 g/mol. The Morgan fingerprint density at radius 1 is 1.47 bits per heavy atom. The molecule has 0 fully saturated rings. The van der Waals surface area contributed by atoms with Gasteiger partial charge < -0.3 is 10.0 Å². The Bertz CT molecular complexity index is 278. The van der Waals surface area contributed by atoms with Gasteiger partial charge >= 0.3 is 5.97 Å². The maximum absolute atomic E-state index is 11.8. The van der Waals surface area contributed by atoms with Crippen LogP contribution in [0.25, 0.3) is 0 Å². The van der Waals surface area contributed by atoms with Crippen LogP contribution in [0, 0.1) is 11.8 Å². The molecule has 1 rings (SSSR count). The maximum Gasteiger partial charge on any atom is 0.308 e. The predicted octanol–water partition coefficient (Wildman–Crippen LogP) is 1.13. The molecule has 0 aromatic carbocycles. The largest absolute Gasteiger partial charge is 0.481 e. The van der Waals surface area contributed by atoms with Crippen molar-refractivity contribution in [2.24, 2.45) is 11.8 Å². The average molecular weight is 211 g/mol. The number of carboxylic acid groups (broad SMARTS) is 1. The van der Waals surface area contributed by atoms with E-state index in [2.05, 4.69) is 0 Å². The molecule has 1 atom stereocenters. The van der Waals surface area contributed by atoms with Gasteiger partial charge in [-0.2, -0.15) is 0 Å². The van der Waals surface area contributed by atoms with Crippen LogP contribution in [-0.4, -0.2) is 35.5 Å². The molecule has 1 N–H and O–H groups in total. The third-order valence-electron chi connectivity index (χ3n) is 2.70. The Hall–Kier alpha value is -1.32. The zero-order valence-corrected chi connectivity index (χ0v) is 9.14. The molecule has 1 aliphatic rings. The normalized spacial score (nSPS) is 17.7. The summed E-state index contributed by atoms with van der Waals surface area (Å²) in [6.07, 6.45) is 5.56. The van der Waals surface area contributed by atoms with E-state index < -0.39 is 11.9 Å². The number of allylic oxidation sites excluding steroid dienone is 2. The monoisotopic (exact) mass is 211 g/mol. The Morgan fingerprint density at radius 2 is 2.00 bits per heavy atom. The first-order valence-corrected chi connectivity index (χ1v) is 5.15. The van der Waals surface area contributed by atoms with Crippen LogP contribution in [0.1, 0.15) is 19.8 Å². The van der Waals surface area contributed by atoms with Gasteiger partial charge in [-0.15, -0.1) is 0 Å². The van der Waals surface area contributed by atoms with E-state index in [1.54, 1.807) is 14.0 Å². The third kappa shape index (κ3) is 3.08. The van der Waals surface area contributed by atoms with E-state index in [0.29, 0.717) is 0 Å². The first kappa shape index (κ1) is 11.8. The second-order valence-electron chi connectivity index (χ2n) is 4.10. The summed E-state index contributed by atoms with van der Waals surface area (Å²) in [4.78, 5) is 23.9. The number of carbonyl (C=O) groups is 2. The molecule has 4 heteroatoms. The first-order chi connectivity index (χ1) is 7.02. The lowest BCUT2D eigenvalue weighted by molar-refractivity contribution is -0.143. The van der Waals surface area contributed by atoms with Crippen molar-refractivity contribution in [1.29, 1.82) is 0 Å². The number of rotatable bonds is 4. The van der Waals surface area contributed by atoms with Gasteiger partial charge in [-0.05, 0) is 12.8 Å². The molecule has 0 saturated carbocycles. The fourth-order valence-electron chi connectivity index (χ4n) is 1.71. The molecular formula is C11H17NO3. The summed E-state index contributed by atoms with van der Waals surface area (Å²) in [6.45, 7) is 1.89. The minimum atomic E-state index is -0.862.